The lowest BCUT2D eigenvalue weighted by Gasteiger charge is -2.13. The van der Waals surface area contributed by atoms with E-state index in [4.69, 9.17) is 11.6 Å². The van der Waals surface area contributed by atoms with Gasteiger partial charge in [-0.1, -0.05) is 11.6 Å². The topological polar surface area (TPSA) is 25.2 Å². The highest BCUT2D eigenvalue weighted by Gasteiger charge is 2.13. The van der Waals surface area contributed by atoms with Gasteiger partial charge in [0.05, 0.1) is 11.4 Å². The molecule has 1 aromatic rings. The summed E-state index contributed by atoms with van der Waals surface area (Å²) in [6.07, 6.45) is 2.64. The van der Waals surface area contributed by atoms with E-state index in [1.165, 1.54) is 0 Å². The van der Waals surface area contributed by atoms with Crippen molar-refractivity contribution >= 4 is 17.3 Å². The number of pyridine rings is 1. The molecule has 0 atom stereocenters. The van der Waals surface area contributed by atoms with Gasteiger partial charge in [-0.05, 0) is 19.4 Å². The molecule has 2 nitrogen and oxygen atoms in total. The second-order valence-corrected chi connectivity index (χ2v) is 3.24. The highest BCUT2D eigenvalue weighted by Crippen LogP contribution is 2.21. The maximum Gasteiger partial charge on any atom is 0.0884 e. The van der Waals surface area contributed by atoms with Crippen LogP contribution in [0.25, 0.3) is 0 Å². The van der Waals surface area contributed by atoms with Crippen LogP contribution in [0, 0.1) is 0 Å². The predicted molar refractivity (Wildman–Crippen MR) is 50.0 cm³/mol. The molecular formula is C9H9ClN2. The van der Waals surface area contributed by atoms with Crippen LogP contribution in [0.4, 0.5) is 0 Å². The van der Waals surface area contributed by atoms with Crippen molar-refractivity contribution < 1.29 is 0 Å². The van der Waals surface area contributed by atoms with E-state index in [0.717, 1.165) is 35.0 Å². The van der Waals surface area contributed by atoms with Crippen LogP contribution in [0.15, 0.2) is 17.3 Å². The summed E-state index contributed by atoms with van der Waals surface area (Å²) in [5.41, 5.74) is 3.11. The molecule has 0 fully saturated rings. The first-order chi connectivity index (χ1) is 5.79. The first kappa shape index (κ1) is 7.74. The third-order valence-electron chi connectivity index (χ3n) is 2.05. The number of rotatable bonds is 0. The van der Waals surface area contributed by atoms with Crippen LogP contribution in [0.3, 0.4) is 0 Å². The second-order valence-electron chi connectivity index (χ2n) is 2.84. The predicted octanol–water partition coefficient (Wildman–Crippen LogP) is 2.10. The molecule has 0 saturated carbocycles. The van der Waals surface area contributed by atoms with Gasteiger partial charge < -0.3 is 0 Å². The molecule has 0 aliphatic carbocycles. The second kappa shape index (κ2) is 2.87. The summed E-state index contributed by atoms with van der Waals surface area (Å²) in [4.78, 5) is 8.55. The molecule has 62 valence electrons. The molecular weight excluding hydrogens is 172 g/mol. The molecule has 0 aromatic carbocycles. The SMILES string of the molecule is CC1=NCCc2c(Cl)ccnc21. The summed E-state index contributed by atoms with van der Waals surface area (Å²) in [6.45, 7) is 2.81. The normalized spacial score (nSPS) is 15.3. The Morgan fingerprint density at radius 2 is 2.33 bits per heavy atom. The van der Waals surface area contributed by atoms with Gasteiger partial charge in [0.2, 0.25) is 0 Å². The number of hydrogen-bond donors (Lipinski definition) is 0. The summed E-state index contributed by atoms with van der Waals surface area (Å²) in [5, 5.41) is 0.814. The van der Waals surface area contributed by atoms with Crippen LogP contribution in [0.1, 0.15) is 18.2 Å². The van der Waals surface area contributed by atoms with Crippen molar-refractivity contribution in [2.75, 3.05) is 6.54 Å². The Morgan fingerprint density at radius 1 is 1.50 bits per heavy atom. The third-order valence-corrected chi connectivity index (χ3v) is 2.41. The van der Waals surface area contributed by atoms with E-state index in [-0.39, 0.29) is 0 Å². The standard InChI is InChI=1S/C9H9ClN2/c1-6-9-7(2-4-11-6)8(10)3-5-12-9/h3,5H,2,4H2,1H3. The minimum absolute atomic E-state index is 0.814. The molecule has 0 amide bonds. The van der Waals surface area contributed by atoms with Gasteiger partial charge >= 0.3 is 0 Å². The summed E-state index contributed by atoms with van der Waals surface area (Å²) >= 11 is 6.01. The molecule has 0 unspecified atom stereocenters. The first-order valence-corrected chi connectivity index (χ1v) is 4.31. The highest BCUT2D eigenvalue weighted by molar-refractivity contribution is 6.31. The maximum absolute atomic E-state index is 6.01. The zero-order valence-corrected chi connectivity index (χ0v) is 7.60. The Hall–Kier alpha value is -0.890. The fourth-order valence-electron chi connectivity index (χ4n) is 1.43. The Bertz CT molecular complexity index is 344. The van der Waals surface area contributed by atoms with Gasteiger partial charge in [0.1, 0.15) is 0 Å². The van der Waals surface area contributed by atoms with Gasteiger partial charge in [0, 0.05) is 23.3 Å². The van der Waals surface area contributed by atoms with Crippen LogP contribution in [0.2, 0.25) is 5.02 Å². The molecule has 0 radical (unpaired) electrons. The number of aliphatic imine (C=N–C) groups is 1. The van der Waals surface area contributed by atoms with E-state index in [1.807, 2.05) is 13.0 Å². The molecule has 0 N–H and O–H groups in total. The molecule has 1 aliphatic rings. The average Bonchev–Trinajstić information content (AvgIpc) is 2.07. The molecule has 2 rings (SSSR count). The Kier molecular flexibility index (Phi) is 1.85. The van der Waals surface area contributed by atoms with Gasteiger partial charge in [-0.15, -0.1) is 0 Å². The van der Waals surface area contributed by atoms with Crippen molar-refractivity contribution in [3.8, 4) is 0 Å². The zero-order chi connectivity index (χ0) is 8.55. The minimum Gasteiger partial charge on any atom is -0.287 e. The van der Waals surface area contributed by atoms with Crippen LogP contribution < -0.4 is 0 Å². The monoisotopic (exact) mass is 180 g/mol. The molecule has 1 aromatic heterocycles. The van der Waals surface area contributed by atoms with Gasteiger partial charge in [0.15, 0.2) is 0 Å². The van der Waals surface area contributed by atoms with Gasteiger partial charge in [-0.3, -0.25) is 9.98 Å². The fraction of sp³-hybridized carbons (Fsp3) is 0.333. The summed E-state index contributed by atoms with van der Waals surface area (Å²) in [5.74, 6) is 0. The van der Waals surface area contributed by atoms with E-state index in [2.05, 4.69) is 9.98 Å². The zero-order valence-electron chi connectivity index (χ0n) is 6.84. The maximum atomic E-state index is 6.01. The van der Waals surface area contributed by atoms with Crippen LogP contribution in [0.5, 0.6) is 0 Å². The van der Waals surface area contributed by atoms with Crippen LogP contribution >= 0.6 is 11.6 Å². The van der Waals surface area contributed by atoms with E-state index in [1.54, 1.807) is 6.20 Å². The summed E-state index contributed by atoms with van der Waals surface area (Å²) in [6, 6.07) is 1.83. The number of fused-ring (bicyclic) bond motifs is 1. The van der Waals surface area contributed by atoms with E-state index in [0.29, 0.717) is 0 Å². The molecule has 0 saturated heterocycles. The third kappa shape index (κ3) is 1.12. The smallest absolute Gasteiger partial charge is 0.0884 e. The summed E-state index contributed by atoms with van der Waals surface area (Å²) in [7, 11) is 0. The van der Waals surface area contributed by atoms with Crippen LogP contribution in [-0.2, 0) is 6.42 Å². The number of hydrogen-bond acceptors (Lipinski definition) is 2. The Labute approximate surface area is 76.3 Å². The van der Waals surface area contributed by atoms with Crippen LogP contribution in [-0.4, -0.2) is 17.2 Å². The molecule has 0 spiro atoms. The van der Waals surface area contributed by atoms with Gasteiger partial charge in [0.25, 0.3) is 0 Å². The Morgan fingerprint density at radius 3 is 3.08 bits per heavy atom. The lowest BCUT2D eigenvalue weighted by molar-refractivity contribution is 0.924. The number of aromatic nitrogens is 1. The Balaban J connectivity index is 2.62. The van der Waals surface area contributed by atoms with Crippen molar-refractivity contribution in [3.63, 3.8) is 0 Å². The quantitative estimate of drug-likeness (QED) is 0.600. The summed E-state index contributed by atoms with van der Waals surface area (Å²) < 4.78 is 0. The van der Waals surface area contributed by atoms with E-state index in [9.17, 15) is 0 Å². The van der Waals surface area contributed by atoms with Gasteiger partial charge in [-0.2, -0.15) is 0 Å². The lowest BCUT2D eigenvalue weighted by atomic mass is 10.0. The molecule has 3 heteroatoms. The van der Waals surface area contributed by atoms with E-state index >= 15 is 0 Å². The molecule has 12 heavy (non-hydrogen) atoms. The van der Waals surface area contributed by atoms with E-state index < -0.39 is 0 Å². The number of halogens is 1. The number of nitrogens with zero attached hydrogens (tertiary/aromatic N) is 2. The molecule has 2 heterocycles. The molecule has 0 bridgehead atoms. The first-order valence-electron chi connectivity index (χ1n) is 3.94. The van der Waals surface area contributed by atoms with Crippen molar-refractivity contribution in [2.45, 2.75) is 13.3 Å². The van der Waals surface area contributed by atoms with Gasteiger partial charge in [-0.25, -0.2) is 0 Å². The minimum atomic E-state index is 0.814. The molecule has 1 aliphatic heterocycles. The fourth-order valence-corrected chi connectivity index (χ4v) is 1.67. The van der Waals surface area contributed by atoms with Crippen molar-refractivity contribution in [1.82, 2.24) is 4.98 Å². The van der Waals surface area contributed by atoms with Crippen molar-refractivity contribution in [1.29, 1.82) is 0 Å². The average molecular weight is 181 g/mol. The van der Waals surface area contributed by atoms with Crippen molar-refractivity contribution in [3.05, 3.63) is 28.5 Å². The lowest BCUT2D eigenvalue weighted by Crippen LogP contribution is -2.12. The van der Waals surface area contributed by atoms with Crippen molar-refractivity contribution in [2.24, 2.45) is 4.99 Å². The largest absolute Gasteiger partial charge is 0.287 e. The highest BCUT2D eigenvalue weighted by atomic mass is 35.5.